The van der Waals surface area contributed by atoms with Crippen molar-refractivity contribution >= 4 is 52.2 Å². The molecular formula is C45H49Cl2N5O6. The van der Waals surface area contributed by atoms with Gasteiger partial charge in [-0.2, -0.15) is 0 Å². The van der Waals surface area contributed by atoms with Crippen LogP contribution < -0.4 is 10.1 Å². The molecule has 1 fully saturated rings. The van der Waals surface area contributed by atoms with Crippen LogP contribution in [0.3, 0.4) is 0 Å². The van der Waals surface area contributed by atoms with Crippen LogP contribution in [-0.2, 0) is 33.9 Å². The van der Waals surface area contributed by atoms with Crippen molar-refractivity contribution in [1.82, 2.24) is 24.7 Å². The Kier molecular flexibility index (Phi) is 11.4. The van der Waals surface area contributed by atoms with Gasteiger partial charge in [-0.25, -0.2) is 14.6 Å². The predicted octanol–water partition coefficient (Wildman–Crippen LogP) is 10.1. The summed E-state index contributed by atoms with van der Waals surface area (Å²) < 4.78 is 19.4. The fourth-order valence-corrected chi connectivity index (χ4v) is 8.16. The molecule has 0 spiro atoms. The lowest BCUT2D eigenvalue weighted by Crippen LogP contribution is -2.43. The highest BCUT2D eigenvalue weighted by atomic mass is 35.5. The molecule has 7 rings (SSSR count). The van der Waals surface area contributed by atoms with Crippen LogP contribution in [0.4, 0.5) is 9.59 Å². The molecule has 0 saturated carbocycles. The van der Waals surface area contributed by atoms with Crippen LogP contribution in [0.1, 0.15) is 65.6 Å². The van der Waals surface area contributed by atoms with Gasteiger partial charge in [-0.15, -0.1) is 0 Å². The zero-order valence-electron chi connectivity index (χ0n) is 33.9. The molecule has 11 nitrogen and oxygen atoms in total. The Bertz CT molecular complexity index is 2400. The number of carbonyl (C=O) groups excluding carboxylic acids is 3. The fourth-order valence-electron chi connectivity index (χ4n) is 7.50. The lowest BCUT2D eigenvalue weighted by atomic mass is 9.96. The van der Waals surface area contributed by atoms with Crippen LogP contribution in [0.15, 0.2) is 72.8 Å². The summed E-state index contributed by atoms with van der Waals surface area (Å²) >= 11 is 14.4. The van der Waals surface area contributed by atoms with E-state index in [1.165, 1.54) is 7.11 Å². The van der Waals surface area contributed by atoms with E-state index in [-0.39, 0.29) is 31.1 Å². The number of carbonyl (C=O) groups is 3. The van der Waals surface area contributed by atoms with E-state index in [9.17, 15) is 14.4 Å². The summed E-state index contributed by atoms with van der Waals surface area (Å²) in [5.41, 5.74) is 6.15. The molecule has 1 N–H and O–H groups in total. The van der Waals surface area contributed by atoms with Crippen LogP contribution in [-0.4, -0.2) is 74.9 Å². The molecule has 2 aromatic heterocycles. The van der Waals surface area contributed by atoms with Crippen molar-refractivity contribution in [2.75, 3.05) is 20.2 Å². The molecule has 4 heterocycles. The maximum atomic E-state index is 13.3. The van der Waals surface area contributed by atoms with Crippen molar-refractivity contribution in [2.45, 2.75) is 91.3 Å². The van der Waals surface area contributed by atoms with E-state index in [0.29, 0.717) is 65.2 Å². The monoisotopic (exact) mass is 825 g/mol. The number of methoxy groups -OCH3 is 1. The number of hydrogen-bond donors (Lipinski definition) is 1. The molecule has 58 heavy (non-hydrogen) atoms. The van der Waals surface area contributed by atoms with E-state index in [4.69, 9.17) is 42.4 Å². The van der Waals surface area contributed by atoms with E-state index in [0.717, 1.165) is 38.9 Å². The van der Waals surface area contributed by atoms with Crippen molar-refractivity contribution in [3.63, 3.8) is 0 Å². The Morgan fingerprint density at radius 3 is 2.19 bits per heavy atom. The summed E-state index contributed by atoms with van der Waals surface area (Å²) in [5, 5.41) is 5.03. The molecule has 1 atom stereocenters. The first kappa shape index (κ1) is 40.9. The molecule has 0 unspecified atom stereocenters. The number of nitrogens with zero attached hydrogens (tertiary/aromatic N) is 4. The fraction of sp³-hybridized carbons (Fsp3) is 0.378. The Hall–Kier alpha value is -5.26. The molecule has 1 saturated heterocycles. The lowest BCUT2D eigenvalue weighted by Gasteiger charge is -2.31. The number of pyridine rings is 1. The maximum Gasteiger partial charge on any atom is 0.410 e. The molecule has 0 bridgehead atoms. The van der Waals surface area contributed by atoms with Gasteiger partial charge in [0.25, 0.3) is 0 Å². The molecule has 3 amide bonds. The first-order chi connectivity index (χ1) is 27.5. The molecule has 304 valence electrons. The normalized spacial score (nSPS) is 15.6. The standard InChI is InChI=1S/C45H49Cl2N5O6/c1-44(2,3)57-42(54)50-20-21-52-31(26-50)23-29-22-27(15-18-37(29)52)32-10-8-11-33(39(32)46)34-12-9-13-35(40(34)47)36-17-14-28(41(49-36)56-7)24-51(43(55)58-45(4,5)6)25-30-16-19-38(53)48-30/h8-15,17-18,22-23,30H,16,19-21,24-26H2,1-7H3,(H,48,53)/t30-/m0/s1. The van der Waals surface area contributed by atoms with Gasteiger partial charge in [0.1, 0.15) is 11.2 Å². The number of fused-ring (bicyclic) bond motifs is 3. The average molecular weight is 827 g/mol. The second kappa shape index (κ2) is 16.2. The van der Waals surface area contributed by atoms with Crippen molar-refractivity contribution in [2.24, 2.45) is 0 Å². The topological polar surface area (TPSA) is 115 Å². The number of rotatable bonds is 8. The minimum atomic E-state index is -0.699. The van der Waals surface area contributed by atoms with Gasteiger partial charge in [-0.05, 0) is 83.9 Å². The van der Waals surface area contributed by atoms with Crippen molar-refractivity contribution in [3.05, 3.63) is 94.1 Å². The van der Waals surface area contributed by atoms with Crippen LogP contribution >= 0.6 is 23.2 Å². The largest absolute Gasteiger partial charge is 0.481 e. The third-order valence-corrected chi connectivity index (χ3v) is 10.9. The first-order valence-corrected chi connectivity index (χ1v) is 20.2. The third kappa shape index (κ3) is 8.90. The van der Waals surface area contributed by atoms with Crippen LogP contribution in [0, 0.1) is 0 Å². The number of hydrogen-bond acceptors (Lipinski definition) is 7. The average Bonchev–Trinajstić information content (AvgIpc) is 3.75. The highest BCUT2D eigenvalue weighted by Gasteiger charge is 2.30. The summed E-state index contributed by atoms with van der Waals surface area (Å²) in [6.07, 6.45) is 0.258. The van der Waals surface area contributed by atoms with Crippen LogP contribution in [0.25, 0.3) is 44.4 Å². The molecule has 2 aliphatic heterocycles. The molecule has 0 radical (unpaired) electrons. The Morgan fingerprint density at radius 2 is 1.53 bits per heavy atom. The third-order valence-electron chi connectivity index (χ3n) is 10.1. The lowest BCUT2D eigenvalue weighted by molar-refractivity contribution is -0.119. The SMILES string of the molecule is COc1nc(-c2cccc(-c3cccc(-c4ccc5c(c4)cc4n5CCN(C(=O)OC(C)(C)C)C4)c3Cl)c2Cl)ccc1CN(C[C@@H]1CCC(=O)N1)C(=O)OC(C)(C)C. The van der Waals surface area contributed by atoms with Crippen molar-refractivity contribution in [1.29, 1.82) is 0 Å². The zero-order valence-corrected chi connectivity index (χ0v) is 35.5. The summed E-state index contributed by atoms with van der Waals surface area (Å²) in [6.45, 7) is 13.2. The molecule has 3 aromatic carbocycles. The van der Waals surface area contributed by atoms with Gasteiger partial charge in [0, 0.05) is 76.5 Å². The number of amides is 3. The molecular weight excluding hydrogens is 777 g/mol. The number of benzene rings is 3. The van der Waals surface area contributed by atoms with Crippen molar-refractivity contribution < 1.29 is 28.6 Å². The molecule has 5 aromatic rings. The Balaban J connectivity index is 1.15. The minimum Gasteiger partial charge on any atom is -0.481 e. The second-order valence-corrected chi connectivity index (χ2v) is 17.6. The van der Waals surface area contributed by atoms with E-state index in [1.54, 1.807) is 9.80 Å². The van der Waals surface area contributed by atoms with Gasteiger partial charge in [-0.1, -0.05) is 65.7 Å². The van der Waals surface area contributed by atoms with Crippen LogP contribution in [0.2, 0.25) is 10.0 Å². The van der Waals surface area contributed by atoms with Gasteiger partial charge in [-0.3, -0.25) is 4.79 Å². The van der Waals surface area contributed by atoms with E-state index < -0.39 is 17.3 Å². The van der Waals surface area contributed by atoms with Gasteiger partial charge in [0.2, 0.25) is 11.8 Å². The summed E-state index contributed by atoms with van der Waals surface area (Å²) in [5.74, 6) is 0.306. The Morgan fingerprint density at radius 1 is 0.862 bits per heavy atom. The van der Waals surface area contributed by atoms with Gasteiger partial charge < -0.3 is 33.9 Å². The summed E-state index contributed by atoms with van der Waals surface area (Å²) in [6, 6.07) is 23.7. The van der Waals surface area contributed by atoms with Crippen LogP contribution in [0.5, 0.6) is 5.88 Å². The predicted molar refractivity (Wildman–Crippen MR) is 227 cm³/mol. The molecule has 0 aliphatic carbocycles. The Labute approximate surface area is 349 Å². The first-order valence-electron chi connectivity index (χ1n) is 19.5. The van der Waals surface area contributed by atoms with Gasteiger partial charge in [0.05, 0.1) is 35.9 Å². The highest BCUT2D eigenvalue weighted by Crippen LogP contribution is 2.43. The zero-order chi connectivity index (χ0) is 41.5. The van der Waals surface area contributed by atoms with Crippen molar-refractivity contribution in [3.8, 4) is 39.4 Å². The quantitative estimate of drug-likeness (QED) is 0.166. The van der Waals surface area contributed by atoms with E-state index >= 15 is 0 Å². The smallest absolute Gasteiger partial charge is 0.410 e. The molecule has 2 aliphatic rings. The highest BCUT2D eigenvalue weighted by molar-refractivity contribution is 6.39. The minimum absolute atomic E-state index is 0.0303. The van der Waals surface area contributed by atoms with E-state index in [1.807, 2.05) is 90.1 Å². The maximum absolute atomic E-state index is 13.3. The van der Waals surface area contributed by atoms with E-state index in [2.05, 4.69) is 34.1 Å². The van der Waals surface area contributed by atoms with Gasteiger partial charge in [0.15, 0.2) is 0 Å². The number of nitrogens with one attached hydrogen (secondary N) is 1. The summed E-state index contributed by atoms with van der Waals surface area (Å²) in [7, 11) is 1.54. The number of halogens is 2. The summed E-state index contributed by atoms with van der Waals surface area (Å²) in [4.78, 5) is 46.2. The number of aromatic nitrogens is 2. The van der Waals surface area contributed by atoms with Gasteiger partial charge >= 0.3 is 12.2 Å². The second-order valence-electron chi connectivity index (χ2n) is 16.8. The molecule has 13 heteroatoms. The number of ether oxygens (including phenoxy) is 3.